The zero-order valence-corrected chi connectivity index (χ0v) is 48.1. The van der Waals surface area contributed by atoms with Crippen LogP contribution in [-0.2, 0) is 43.2 Å². The Labute approximate surface area is 463 Å². The van der Waals surface area contributed by atoms with Crippen molar-refractivity contribution in [3.63, 3.8) is 0 Å². The highest BCUT2D eigenvalue weighted by molar-refractivity contribution is 7.99. The number of ketones is 2. The summed E-state index contributed by atoms with van der Waals surface area (Å²) in [5.74, 6) is -7.48. The Morgan fingerprint density at radius 2 is 1.12 bits per heavy atom. The van der Waals surface area contributed by atoms with Crippen molar-refractivity contribution < 1.29 is 73.1 Å². The molecule has 0 aromatic rings. The number of Topliss-reactive ketones (excluding diaryl/α,β-unsaturated/α-hetero) is 1. The molecule has 3 saturated carbocycles. The van der Waals surface area contributed by atoms with E-state index in [9.17, 15) is 68.7 Å². The van der Waals surface area contributed by atoms with Crippen molar-refractivity contribution in [1.29, 1.82) is 0 Å². The first-order valence-corrected chi connectivity index (χ1v) is 28.5. The van der Waals surface area contributed by atoms with E-state index in [1.165, 1.54) is 26.9 Å². The van der Waals surface area contributed by atoms with Gasteiger partial charge in [-0.3, -0.25) is 43.2 Å². The molecule has 7 N–H and O–H groups in total. The van der Waals surface area contributed by atoms with E-state index in [1.807, 2.05) is 13.8 Å². The molecule has 0 saturated heterocycles. The number of hydrogen-bond donors (Lipinski definition) is 6. The highest BCUT2D eigenvalue weighted by Crippen LogP contribution is 2.70. The fourth-order valence-electron chi connectivity index (χ4n) is 12.6. The minimum Gasteiger partial charge on any atom is -0.395 e. The number of amides is 7. The van der Waals surface area contributed by atoms with E-state index in [0.29, 0.717) is 24.8 Å². The molecule has 23 heteroatoms. The summed E-state index contributed by atoms with van der Waals surface area (Å²) in [5, 5.41) is 53.6. The van der Waals surface area contributed by atoms with Gasteiger partial charge in [-0.1, -0.05) is 67.0 Å². The molecule has 4 aliphatic rings. The van der Waals surface area contributed by atoms with Crippen LogP contribution in [0, 0.1) is 46.3 Å². The van der Waals surface area contributed by atoms with Crippen LogP contribution in [-0.4, -0.2) is 235 Å². The lowest BCUT2D eigenvalue weighted by Gasteiger charge is -2.62. The lowest BCUT2D eigenvalue weighted by molar-refractivity contribution is -0.218. The maximum absolute atomic E-state index is 17.7. The monoisotopic (exact) mass is 1120 g/mol. The maximum atomic E-state index is 17.7. The van der Waals surface area contributed by atoms with Gasteiger partial charge in [0.1, 0.15) is 5.60 Å². The Bertz CT molecular complexity index is 2270. The maximum Gasteiger partial charge on any atom is 0.242 e. The van der Waals surface area contributed by atoms with Crippen LogP contribution in [0.2, 0.25) is 0 Å². The van der Waals surface area contributed by atoms with Crippen molar-refractivity contribution in [1.82, 2.24) is 29.4 Å². The summed E-state index contributed by atoms with van der Waals surface area (Å²) in [5.41, 5.74) is -0.486. The number of fused-ring (bicyclic) bond motifs is 5. The molecule has 8 atom stereocenters. The Morgan fingerprint density at radius 3 is 1.55 bits per heavy atom. The Morgan fingerprint density at radius 1 is 0.692 bits per heavy atom. The van der Waals surface area contributed by atoms with E-state index in [2.05, 4.69) is 0 Å². The molecule has 0 aromatic heterocycles. The quantitative estimate of drug-likeness (QED) is 0.0532. The molecule has 0 aliphatic heterocycles. The molecule has 0 unspecified atom stereocenters. The normalized spacial score (nSPS) is 26.2. The zero-order valence-electron chi connectivity index (χ0n) is 47.3. The third kappa shape index (κ3) is 14.9. The average molecular weight is 1120 g/mol. The van der Waals surface area contributed by atoms with Crippen LogP contribution in [0.3, 0.4) is 0 Å². The van der Waals surface area contributed by atoms with Gasteiger partial charge >= 0.3 is 0 Å². The predicted octanol–water partition coefficient (Wildman–Crippen LogP) is 0.429. The van der Waals surface area contributed by atoms with E-state index in [-0.39, 0.29) is 87.2 Å². The number of aliphatic hydroxyl groups is 5. The molecule has 0 heterocycles. The molecular weight excluding hydrogens is 1030 g/mol. The Hall–Kier alpha value is -4.81. The largest absolute Gasteiger partial charge is 0.395 e. The van der Waals surface area contributed by atoms with Gasteiger partial charge in [-0.05, 0) is 74.3 Å². The number of nitrogens with two attached hydrogens (primary N) is 1. The molecule has 0 spiro atoms. The number of alkyl halides is 1. The van der Waals surface area contributed by atoms with Crippen molar-refractivity contribution in [2.75, 3.05) is 110 Å². The van der Waals surface area contributed by atoms with Crippen molar-refractivity contribution in [3.05, 3.63) is 23.8 Å². The van der Waals surface area contributed by atoms with E-state index < -0.39 is 152 Å². The van der Waals surface area contributed by atoms with Crippen LogP contribution in [0.25, 0.3) is 0 Å². The van der Waals surface area contributed by atoms with E-state index in [0.717, 1.165) is 26.5 Å². The minimum atomic E-state index is -2.12. The second-order valence-electron chi connectivity index (χ2n) is 23.5. The first-order valence-electron chi connectivity index (χ1n) is 27.4. The van der Waals surface area contributed by atoms with Crippen molar-refractivity contribution in [2.24, 2.45) is 52.1 Å². The smallest absolute Gasteiger partial charge is 0.242 e. The molecule has 4 aliphatic carbocycles. The van der Waals surface area contributed by atoms with E-state index in [4.69, 9.17) is 5.73 Å². The van der Waals surface area contributed by atoms with Gasteiger partial charge in [0.15, 0.2) is 17.2 Å². The number of nitrogens with zero attached hydrogens (tertiary/aromatic N) is 6. The number of thioether (sulfide) groups is 1. The number of carbonyl (C=O) groups excluding carboxylic acids is 9. The lowest BCUT2D eigenvalue weighted by Crippen LogP contribution is -2.69. The molecule has 0 radical (unpaired) electrons. The van der Waals surface area contributed by atoms with Crippen molar-refractivity contribution in [2.45, 2.75) is 112 Å². The standard InChI is InChI=1S/C55H88FN7O14S/c1-35(2)25-61(46(71)13-21-78-34-44(69)55(77)38(7)22-42-41-11-10-39-23-40(67)12-14-52(39,8)54(41,56)43(68)24-53(42,55)9)31-48(73)59(16-19-65)29-51(76)63(27-37(5)6)33-49(74)60(17-20-66)30-50(75)62(26-36(3)4)32-47(72)58(15-18-64)28-45(57)70/h12,14,23,35-38,41-43,64-66,68,77H,10-11,13,15-22,24-34H2,1-9H3,(H2,57,70)/t38-,41+,42+,43+,52+,53+,54+,55+/m1/s1. The van der Waals surface area contributed by atoms with Crippen molar-refractivity contribution >= 4 is 64.7 Å². The minimum absolute atomic E-state index is 0.0379. The molecule has 0 aromatic carbocycles. The Kier molecular flexibility index (Phi) is 23.6. The van der Waals surface area contributed by atoms with Gasteiger partial charge in [-0.2, -0.15) is 11.8 Å². The second kappa shape index (κ2) is 28.1. The molecule has 4 rings (SSSR count). The number of primary amides is 1. The van der Waals surface area contributed by atoms with Crippen LogP contribution >= 0.6 is 11.8 Å². The van der Waals surface area contributed by atoms with E-state index in [1.54, 1.807) is 54.5 Å². The van der Waals surface area contributed by atoms with Gasteiger partial charge < -0.3 is 60.7 Å². The average Bonchev–Trinajstić information content (AvgIpc) is 3.58. The summed E-state index contributed by atoms with van der Waals surface area (Å²) in [6, 6.07) is 0. The molecule has 0 bridgehead atoms. The fourth-order valence-corrected chi connectivity index (χ4v) is 13.4. The van der Waals surface area contributed by atoms with Crippen molar-refractivity contribution in [3.8, 4) is 0 Å². The van der Waals surface area contributed by atoms with Crippen LogP contribution in [0.4, 0.5) is 4.39 Å². The highest BCUT2D eigenvalue weighted by Gasteiger charge is 2.75. The summed E-state index contributed by atoms with van der Waals surface area (Å²) in [4.78, 5) is 128. The van der Waals surface area contributed by atoms with Crippen LogP contribution in [0.15, 0.2) is 23.8 Å². The van der Waals surface area contributed by atoms with E-state index >= 15 is 4.39 Å². The first-order chi connectivity index (χ1) is 36.4. The van der Waals surface area contributed by atoms with Gasteiger partial charge in [0.05, 0.1) is 70.9 Å². The second-order valence-corrected chi connectivity index (χ2v) is 24.6. The third-order valence-electron chi connectivity index (χ3n) is 16.3. The highest BCUT2D eigenvalue weighted by atomic mass is 32.2. The van der Waals surface area contributed by atoms with Gasteiger partial charge in [0, 0.05) is 68.2 Å². The van der Waals surface area contributed by atoms with Gasteiger partial charge in [-0.25, -0.2) is 4.39 Å². The predicted molar refractivity (Wildman–Crippen MR) is 289 cm³/mol. The van der Waals surface area contributed by atoms with Gasteiger partial charge in [0.2, 0.25) is 41.4 Å². The van der Waals surface area contributed by atoms with Gasteiger partial charge in [0.25, 0.3) is 0 Å². The third-order valence-corrected chi connectivity index (χ3v) is 17.3. The summed E-state index contributed by atoms with van der Waals surface area (Å²) in [6.45, 7) is 10.9. The summed E-state index contributed by atoms with van der Waals surface area (Å²) in [7, 11) is 0. The van der Waals surface area contributed by atoms with Crippen LogP contribution in [0.1, 0.15) is 94.4 Å². The lowest BCUT2D eigenvalue weighted by atomic mass is 9.44. The Balaban J connectivity index is 1.41. The van der Waals surface area contributed by atoms with Crippen LogP contribution in [0.5, 0.6) is 0 Å². The first kappa shape index (κ1) is 65.7. The fraction of sp³-hybridized carbons (Fsp3) is 0.764. The summed E-state index contributed by atoms with van der Waals surface area (Å²) < 4.78 is 17.7. The number of rotatable bonds is 30. The topological polar surface area (TPSA) is 300 Å². The number of halogens is 1. The SMILES string of the molecule is CC(C)CN(CC(=O)N(CCO)CC(=O)N(CC(=O)N(CCO)CC(=O)N(CC(=O)N(CCO)CC(N)=O)CC(C)C)CC(C)C)C(=O)CCSCC(=O)[C@@]1(O)[C@H](C)C[C@H]2[C@@H]3CCC4=CC(=O)C=C[C@]4(C)[C@@]3(F)[C@@H](O)C[C@@]21C. The molecule has 3 fully saturated rings. The number of carbonyl (C=O) groups is 9. The number of aliphatic hydroxyl groups excluding tert-OH is 4. The molecule has 78 heavy (non-hydrogen) atoms. The molecular formula is C55H88FN7O14S. The number of allylic oxidation sites excluding steroid dienone is 4. The molecule has 21 nitrogen and oxygen atoms in total. The molecule has 440 valence electrons. The number of hydrogen-bond acceptors (Lipinski definition) is 15. The molecule has 7 amide bonds. The van der Waals surface area contributed by atoms with Crippen LogP contribution < -0.4 is 5.73 Å². The summed E-state index contributed by atoms with van der Waals surface area (Å²) in [6.07, 6.45) is 3.73. The van der Waals surface area contributed by atoms with Gasteiger partial charge in [-0.15, -0.1) is 0 Å². The summed E-state index contributed by atoms with van der Waals surface area (Å²) >= 11 is 1.14. The zero-order chi connectivity index (χ0) is 58.7.